The number of hydrogen-bond acceptors (Lipinski definition) is 3. The van der Waals surface area contributed by atoms with Crippen LogP contribution < -0.4 is 10.6 Å². The summed E-state index contributed by atoms with van der Waals surface area (Å²) in [6, 6.07) is 5.99. The minimum absolute atomic E-state index is 0.0951. The number of hydrogen-bond donors (Lipinski definition) is 2. The van der Waals surface area contributed by atoms with Gasteiger partial charge in [-0.1, -0.05) is 13.0 Å². The molecular weight excluding hydrogens is 186 g/mol. The number of nitrogens with one attached hydrogen (secondary N) is 2. The molecule has 0 aromatic carbocycles. The van der Waals surface area contributed by atoms with Gasteiger partial charge < -0.3 is 10.6 Å². The lowest BCUT2D eigenvalue weighted by atomic mass is 10.0. The molecule has 0 aliphatic rings. The molecule has 1 rings (SSSR count). The fraction of sp³-hybridized carbons (Fsp3) is 0.583. The second-order valence-electron chi connectivity index (χ2n) is 4.30. The molecule has 0 amide bonds. The maximum absolute atomic E-state index is 4.47. The molecule has 3 heteroatoms. The molecule has 0 aliphatic heterocycles. The van der Waals surface area contributed by atoms with Crippen molar-refractivity contribution in [2.24, 2.45) is 0 Å². The summed E-state index contributed by atoms with van der Waals surface area (Å²) in [6.07, 6.45) is 1.07. The van der Waals surface area contributed by atoms with E-state index in [0.717, 1.165) is 24.6 Å². The zero-order valence-electron chi connectivity index (χ0n) is 10.1. The minimum atomic E-state index is 0.0951. The van der Waals surface area contributed by atoms with Crippen molar-refractivity contribution in [3.8, 4) is 0 Å². The molecule has 0 atom stereocenters. The maximum atomic E-state index is 4.47. The van der Waals surface area contributed by atoms with Crippen LogP contribution in [0.2, 0.25) is 0 Å². The Morgan fingerprint density at radius 1 is 1.20 bits per heavy atom. The van der Waals surface area contributed by atoms with Crippen LogP contribution in [0.3, 0.4) is 0 Å². The van der Waals surface area contributed by atoms with Crippen LogP contribution in [0.4, 0.5) is 11.6 Å². The first-order valence-corrected chi connectivity index (χ1v) is 5.56. The van der Waals surface area contributed by atoms with E-state index in [4.69, 9.17) is 0 Å². The van der Waals surface area contributed by atoms with Crippen molar-refractivity contribution >= 4 is 11.6 Å². The Balaban J connectivity index is 2.73. The first-order chi connectivity index (χ1) is 7.07. The molecule has 3 nitrogen and oxygen atoms in total. The molecule has 0 saturated heterocycles. The fourth-order valence-corrected chi connectivity index (χ4v) is 1.22. The lowest BCUT2D eigenvalue weighted by Crippen LogP contribution is -2.30. The predicted octanol–water partition coefficient (Wildman–Crippen LogP) is 3.11. The Labute approximate surface area is 92.3 Å². The second kappa shape index (κ2) is 5.01. The topological polar surface area (TPSA) is 37.0 Å². The molecule has 1 heterocycles. The van der Waals surface area contributed by atoms with Crippen LogP contribution in [0, 0.1) is 0 Å². The summed E-state index contributed by atoms with van der Waals surface area (Å²) in [5.74, 6) is 1.86. The van der Waals surface area contributed by atoms with Gasteiger partial charge in [-0.05, 0) is 39.3 Å². The maximum Gasteiger partial charge on any atom is 0.128 e. The quantitative estimate of drug-likeness (QED) is 0.779. The SMILES string of the molecule is CCNc1cccc(NC(C)(C)CC)n1. The molecular formula is C12H21N3. The third kappa shape index (κ3) is 3.78. The molecule has 0 radical (unpaired) electrons. The van der Waals surface area contributed by atoms with E-state index in [0.29, 0.717) is 0 Å². The van der Waals surface area contributed by atoms with Crippen LogP contribution in [0.5, 0.6) is 0 Å². The summed E-state index contributed by atoms with van der Waals surface area (Å²) in [7, 11) is 0. The van der Waals surface area contributed by atoms with Gasteiger partial charge in [-0.2, -0.15) is 0 Å². The summed E-state index contributed by atoms with van der Waals surface area (Å²) < 4.78 is 0. The van der Waals surface area contributed by atoms with Crippen molar-refractivity contribution < 1.29 is 0 Å². The van der Waals surface area contributed by atoms with Crippen LogP contribution in [-0.4, -0.2) is 17.1 Å². The molecule has 0 aliphatic carbocycles. The number of nitrogens with zero attached hydrogens (tertiary/aromatic N) is 1. The van der Waals surface area contributed by atoms with Crippen LogP contribution >= 0.6 is 0 Å². The van der Waals surface area contributed by atoms with Gasteiger partial charge in [0.25, 0.3) is 0 Å². The molecule has 0 spiro atoms. The zero-order valence-corrected chi connectivity index (χ0v) is 10.1. The number of pyridine rings is 1. The fourth-order valence-electron chi connectivity index (χ4n) is 1.22. The van der Waals surface area contributed by atoms with Crippen LogP contribution in [0.1, 0.15) is 34.1 Å². The molecule has 0 saturated carbocycles. The third-order valence-corrected chi connectivity index (χ3v) is 2.46. The molecule has 15 heavy (non-hydrogen) atoms. The van der Waals surface area contributed by atoms with E-state index >= 15 is 0 Å². The Kier molecular flexibility index (Phi) is 3.95. The van der Waals surface area contributed by atoms with E-state index < -0.39 is 0 Å². The first-order valence-electron chi connectivity index (χ1n) is 5.56. The Morgan fingerprint density at radius 3 is 2.47 bits per heavy atom. The molecule has 84 valence electrons. The van der Waals surface area contributed by atoms with Gasteiger partial charge in [-0.3, -0.25) is 0 Å². The van der Waals surface area contributed by atoms with E-state index in [9.17, 15) is 0 Å². The molecule has 2 N–H and O–H groups in total. The standard InChI is InChI=1S/C12H21N3/c1-5-12(3,4)15-11-9-7-8-10(14-11)13-6-2/h7-9H,5-6H2,1-4H3,(H2,13,14,15). The van der Waals surface area contributed by atoms with Crippen molar-refractivity contribution in [3.05, 3.63) is 18.2 Å². The van der Waals surface area contributed by atoms with Gasteiger partial charge in [0.05, 0.1) is 0 Å². The number of rotatable bonds is 5. The average molecular weight is 207 g/mol. The number of anilines is 2. The monoisotopic (exact) mass is 207 g/mol. The highest BCUT2D eigenvalue weighted by molar-refractivity contribution is 5.46. The summed E-state index contributed by atoms with van der Waals surface area (Å²) in [6.45, 7) is 9.48. The number of aromatic nitrogens is 1. The highest BCUT2D eigenvalue weighted by Crippen LogP contribution is 2.17. The van der Waals surface area contributed by atoms with E-state index in [2.05, 4.69) is 43.3 Å². The average Bonchev–Trinajstić information content (AvgIpc) is 2.18. The van der Waals surface area contributed by atoms with E-state index in [1.165, 1.54) is 0 Å². The van der Waals surface area contributed by atoms with Gasteiger partial charge in [0.2, 0.25) is 0 Å². The minimum Gasteiger partial charge on any atom is -0.370 e. The van der Waals surface area contributed by atoms with Crippen molar-refractivity contribution in [1.82, 2.24) is 4.98 Å². The van der Waals surface area contributed by atoms with Gasteiger partial charge in [0, 0.05) is 12.1 Å². The Hall–Kier alpha value is -1.25. The molecule has 0 fully saturated rings. The second-order valence-corrected chi connectivity index (χ2v) is 4.30. The predicted molar refractivity (Wildman–Crippen MR) is 66.4 cm³/mol. The van der Waals surface area contributed by atoms with Crippen molar-refractivity contribution in [3.63, 3.8) is 0 Å². The van der Waals surface area contributed by atoms with Crippen molar-refractivity contribution in [1.29, 1.82) is 0 Å². The van der Waals surface area contributed by atoms with E-state index in [1.54, 1.807) is 0 Å². The smallest absolute Gasteiger partial charge is 0.128 e. The van der Waals surface area contributed by atoms with Gasteiger partial charge in [-0.15, -0.1) is 0 Å². The first kappa shape index (κ1) is 11.8. The molecule has 1 aromatic rings. The Bertz CT molecular complexity index is 307. The lowest BCUT2D eigenvalue weighted by molar-refractivity contribution is 0.545. The molecule has 1 aromatic heterocycles. The zero-order chi connectivity index (χ0) is 11.3. The summed E-state index contributed by atoms with van der Waals surface area (Å²) in [5.41, 5.74) is 0.0951. The van der Waals surface area contributed by atoms with Gasteiger partial charge >= 0.3 is 0 Å². The van der Waals surface area contributed by atoms with Crippen molar-refractivity contribution in [2.45, 2.75) is 39.7 Å². The molecule has 0 bridgehead atoms. The van der Waals surface area contributed by atoms with Crippen molar-refractivity contribution in [2.75, 3.05) is 17.2 Å². The van der Waals surface area contributed by atoms with E-state index in [-0.39, 0.29) is 5.54 Å². The summed E-state index contributed by atoms with van der Waals surface area (Å²) >= 11 is 0. The summed E-state index contributed by atoms with van der Waals surface area (Å²) in [5, 5.41) is 6.62. The third-order valence-electron chi connectivity index (χ3n) is 2.46. The van der Waals surface area contributed by atoms with Gasteiger partial charge in [0.15, 0.2) is 0 Å². The van der Waals surface area contributed by atoms with Crippen LogP contribution in [0.25, 0.3) is 0 Å². The van der Waals surface area contributed by atoms with Crippen LogP contribution in [-0.2, 0) is 0 Å². The normalized spacial score (nSPS) is 11.2. The van der Waals surface area contributed by atoms with Crippen LogP contribution in [0.15, 0.2) is 18.2 Å². The lowest BCUT2D eigenvalue weighted by Gasteiger charge is -2.25. The highest BCUT2D eigenvalue weighted by Gasteiger charge is 2.14. The van der Waals surface area contributed by atoms with E-state index in [1.807, 2.05) is 18.2 Å². The molecule has 0 unspecified atom stereocenters. The highest BCUT2D eigenvalue weighted by atomic mass is 15.1. The largest absolute Gasteiger partial charge is 0.370 e. The summed E-state index contributed by atoms with van der Waals surface area (Å²) in [4.78, 5) is 4.47. The Morgan fingerprint density at radius 2 is 1.87 bits per heavy atom. The van der Waals surface area contributed by atoms with Gasteiger partial charge in [0.1, 0.15) is 11.6 Å². The van der Waals surface area contributed by atoms with Gasteiger partial charge in [-0.25, -0.2) is 4.98 Å².